The van der Waals surface area contributed by atoms with Crippen LogP contribution in [0.25, 0.3) is 111 Å². The van der Waals surface area contributed by atoms with Gasteiger partial charge in [0, 0.05) is 38.2 Å². The number of furan rings is 2. The van der Waals surface area contributed by atoms with Gasteiger partial charge in [0.05, 0.1) is 16.6 Å². The van der Waals surface area contributed by atoms with Crippen LogP contribution in [0.3, 0.4) is 0 Å². The summed E-state index contributed by atoms with van der Waals surface area (Å²) in [4.78, 5) is 20.0. The van der Waals surface area contributed by atoms with Crippen LogP contribution in [0.5, 0.6) is 0 Å². The second-order valence-electron chi connectivity index (χ2n) is 13.4. The molecule has 0 aliphatic rings. The predicted octanol–water partition coefficient (Wildman–Crippen LogP) is 12.6. The largest absolute Gasteiger partial charge is 0.455 e. The number of nitrogens with zero attached hydrogens (tertiary/aromatic N) is 4. The monoisotopic (exact) mass is 692 g/mol. The minimum absolute atomic E-state index is 0.560. The van der Waals surface area contributed by atoms with Crippen LogP contribution in [0, 0.1) is 0 Å². The number of rotatable bonds is 5. The molecule has 4 aromatic heterocycles. The molecule has 0 saturated heterocycles. The average Bonchev–Trinajstić information content (AvgIpc) is 3.82. The normalized spacial score (nSPS) is 11.7. The van der Waals surface area contributed by atoms with Crippen molar-refractivity contribution in [2.45, 2.75) is 0 Å². The Morgan fingerprint density at radius 2 is 0.833 bits per heavy atom. The first kappa shape index (κ1) is 30.2. The Hall–Kier alpha value is -7.44. The van der Waals surface area contributed by atoms with Gasteiger partial charge in [-0.2, -0.15) is 0 Å². The lowest BCUT2D eigenvalue weighted by Gasteiger charge is -2.10. The molecule has 11 rings (SSSR count). The number of para-hydroxylation sites is 3. The molecule has 0 saturated carbocycles. The molecular weight excluding hydrogens is 665 g/mol. The molecule has 4 heterocycles. The Balaban J connectivity index is 0.968. The fraction of sp³-hybridized carbons (Fsp3) is 0. The van der Waals surface area contributed by atoms with E-state index in [9.17, 15) is 0 Å². The predicted molar refractivity (Wildman–Crippen MR) is 217 cm³/mol. The van der Waals surface area contributed by atoms with Crippen LogP contribution in [0.4, 0.5) is 0 Å². The molecule has 6 nitrogen and oxygen atoms in total. The molecule has 0 amide bonds. The van der Waals surface area contributed by atoms with Crippen molar-refractivity contribution in [1.82, 2.24) is 19.9 Å². The quantitative estimate of drug-likeness (QED) is 0.179. The minimum atomic E-state index is 0.560. The third-order valence-electron chi connectivity index (χ3n) is 10.2. The standard InChI is InChI=1S/C48H28N4O2/c1-2-11-32(12-3-1)45-50-46(52-47(51-45)39-18-10-17-37-34-13-6-8-19-40(34)53-44(37)39)33-27-23-30(24-28-33)29-21-25-31(26-22-29)43-36-15-5-4-14-35(36)42-38-16-7-9-20-41(38)54-48(42)49-43/h1-28H. The Kier molecular flexibility index (Phi) is 6.75. The number of hydrogen-bond donors (Lipinski definition) is 0. The van der Waals surface area contributed by atoms with Gasteiger partial charge in [-0.3, -0.25) is 0 Å². The molecule has 0 aliphatic carbocycles. The molecule has 252 valence electrons. The first-order chi connectivity index (χ1) is 26.7. The summed E-state index contributed by atoms with van der Waals surface area (Å²) in [5.74, 6) is 1.75. The Morgan fingerprint density at radius 1 is 0.315 bits per heavy atom. The van der Waals surface area contributed by atoms with Gasteiger partial charge in [-0.25, -0.2) is 19.9 Å². The lowest BCUT2D eigenvalue weighted by atomic mass is 9.98. The van der Waals surface area contributed by atoms with Crippen molar-refractivity contribution in [2.24, 2.45) is 0 Å². The third kappa shape index (κ3) is 4.89. The fourth-order valence-electron chi connectivity index (χ4n) is 7.56. The molecular formula is C48H28N4O2. The number of benzene rings is 7. The van der Waals surface area contributed by atoms with Crippen molar-refractivity contribution in [1.29, 1.82) is 0 Å². The Bertz CT molecular complexity index is 3200. The summed E-state index contributed by atoms with van der Waals surface area (Å²) in [5, 5.41) is 6.45. The zero-order chi connectivity index (χ0) is 35.6. The summed E-state index contributed by atoms with van der Waals surface area (Å²) in [5.41, 5.74) is 9.82. The van der Waals surface area contributed by atoms with Gasteiger partial charge in [0.15, 0.2) is 17.5 Å². The van der Waals surface area contributed by atoms with Crippen LogP contribution in [-0.2, 0) is 0 Å². The molecule has 11 aromatic rings. The van der Waals surface area contributed by atoms with Crippen LogP contribution in [-0.4, -0.2) is 19.9 Å². The minimum Gasteiger partial charge on any atom is -0.455 e. The fourth-order valence-corrected chi connectivity index (χ4v) is 7.56. The zero-order valence-electron chi connectivity index (χ0n) is 28.8. The van der Waals surface area contributed by atoms with Gasteiger partial charge >= 0.3 is 0 Å². The van der Waals surface area contributed by atoms with Crippen molar-refractivity contribution in [3.05, 3.63) is 170 Å². The second kappa shape index (κ2) is 12.1. The lowest BCUT2D eigenvalue weighted by molar-refractivity contribution is 0.655. The van der Waals surface area contributed by atoms with Crippen molar-refractivity contribution >= 4 is 54.8 Å². The average molecular weight is 693 g/mol. The first-order valence-electron chi connectivity index (χ1n) is 17.9. The topological polar surface area (TPSA) is 77.8 Å². The van der Waals surface area contributed by atoms with Crippen molar-refractivity contribution in [3.8, 4) is 56.5 Å². The number of fused-ring (bicyclic) bond motifs is 8. The molecule has 7 aromatic carbocycles. The molecule has 0 N–H and O–H groups in total. The van der Waals surface area contributed by atoms with Gasteiger partial charge in [0.1, 0.15) is 16.7 Å². The van der Waals surface area contributed by atoms with Crippen molar-refractivity contribution < 1.29 is 8.83 Å². The summed E-state index contributed by atoms with van der Waals surface area (Å²) >= 11 is 0. The van der Waals surface area contributed by atoms with E-state index in [1.165, 1.54) is 0 Å². The highest BCUT2D eigenvalue weighted by Crippen LogP contribution is 2.39. The maximum absolute atomic E-state index is 6.37. The van der Waals surface area contributed by atoms with E-state index in [1.54, 1.807) is 0 Å². The van der Waals surface area contributed by atoms with E-state index < -0.39 is 0 Å². The number of hydrogen-bond acceptors (Lipinski definition) is 6. The molecule has 54 heavy (non-hydrogen) atoms. The van der Waals surface area contributed by atoms with E-state index in [-0.39, 0.29) is 0 Å². The first-order valence-corrected chi connectivity index (χ1v) is 17.9. The molecule has 0 unspecified atom stereocenters. The smallest absolute Gasteiger partial charge is 0.228 e. The van der Waals surface area contributed by atoms with E-state index in [0.29, 0.717) is 23.2 Å². The van der Waals surface area contributed by atoms with Gasteiger partial charge in [0.2, 0.25) is 5.71 Å². The summed E-state index contributed by atoms with van der Waals surface area (Å²) in [6.45, 7) is 0. The highest BCUT2D eigenvalue weighted by Gasteiger charge is 2.19. The molecule has 0 spiro atoms. The Morgan fingerprint density at radius 3 is 1.56 bits per heavy atom. The zero-order valence-corrected chi connectivity index (χ0v) is 28.8. The number of aromatic nitrogens is 4. The molecule has 0 radical (unpaired) electrons. The van der Waals surface area contributed by atoms with Crippen LogP contribution in [0.2, 0.25) is 0 Å². The van der Waals surface area contributed by atoms with E-state index in [4.69, 9.17) is 28.8 Å². The summed E-state index contributed by atoms with van der Waals surface area (Å²) < 4.78 is 12.6. The molecule has 6 heteroatoms. The SMILES string of the molecule is c1ccc(-c2nc(-c3ccc(-c4ccc(-c5nc6oc7ccccc7c6c6ccccc56)cc4)cc3)nc(-c3cccc4c3oc3ccccc34)n2)cc1. The summed E-state index contributed by atoms with van der Waals surface area (Å²) in [6.07, 6.45) is 0. The molecule has 0 aliphatic heterocycles. The van der Waals surface area contributed by atoms with Crippen LogP contribution >= 0.6 is 0 Å². The van der Waals surface area contributed by atoms with E-state index in [2.05, 4.69) is 91.0 Å². The van der Waals surface area contributed by atoms with E-state index in [1.807, 2.05) is 78.9 Å². The summed E-state index contributed by atoms with van der Waals surface area (Å²) in [6, 6.07) is 57.7. The van der Waals surface area contributed by atoms with Gasteiger partial charge in [-0.05, 0) is 34.7 Å². The Labute approximate surface area is 309 Å². The summed E-state index contributed by atoms with van der Waals surface area (Å²) in [7, 11) is 0. The number of pyridine rings is 1. The van der Waals surface area contributed by atoms with Crippen LogP contribution < -0.4 is 0 Å². The highest BCUT2D eigenvalue weighted by molar-refractivity contribution is 6.20. The highest BCUT2D eigenvalue weighted by atomic mass is 16.3. The van der Waals surface area contributed by atoms with Crippen molar-refractivity contribution in [2.75, 3.05) is 0 Å². The maximum Gasteiger partial charge on any atom is 0.228 e. The maximum atomic E-state index is 6.37. The molecule has 0 fully saturated rings. The van der Waals surface area contributed by atoms with E-state index in [0.717, 1.165) is 88.1 Å². The van der Waals surface area contributed by atoms with Crippen LogP contribution in [0.15, 0.2) is 179 Å². The van der Waals surface area contributed by atoms with Gasteiger partial charge in [0.25, 0.3) is 0 Å². The van der Waals surface area contributed by atoms with Gasteiger partial charge in [-0.1, -0.05) is 152 Å². The third-order valence-corrected chi connectivity index (χ3v) is 10.2. The van der Waals surface area contributed by atoms with Crippen molar-refractivity contribution in [3.63, 3.8) is 0 Å². The van der Waals surface area contributed by atoms with Crippen LogP contribution in [0.1, 0.15) is 0 Å². The molecule has 0 bridgehead atoms. The van der Waals surface area contributed by atoms with Gasteiger partial charge < -0.3 is 8.83 Å². The van der Waals surface area contributed by atoms with Gasteiger partial charge in [-0.15, -0.1) is 0 Å². The molecule has 0 atom stereocenters. The second-order valence-corrected chi connectivity index (χ2v) is 13.4. The van der Waals surface area contributed by atoms with E-state index >= 15 is 0 Å². The lowest BCUT2D eigenvalue weighted by Crippen LogP contribution is -2.00.